The highest BCUT2D eigenvalue weighted by Crippen LogP contribution is 2.29. The van der Waals surface area contributed by atoms with Crippen molar-refractivity contribution in [2.24, 2.45) is 0 Å². The molecule has 1 N–H and O–H groups in total. The summed E-state index contributed by atoms with van der Waals surface area (Å²) in [6.07, 6.45) is 3.13. The largest absolute Gasteiger partial charge is 0.325 e. The van der Waals surface area contributed by atoms with Crippen LogP contribution in [0.3, 0.4) is 0 Å². The maximum absolute atomic E-state index is 12.7. The molecule has 0 spiro atoms. The second kappa shape index (κ2) is 11.5. The number of carbonyl (C=O) groups is 1. The Morgan fingerprint density at radius 1 is 1.23 bits per heavy atom. The Hall–Kier alpha value is -1.86. The zero-order valence-electron chi connectivity index (χ0n) is 19.5. The monoisotopic (exact) mass is 431 g/mol. The van der Waals surface area contributed by atoms with Crippen LogP contribution in [0.25, 0.3) is 0 Å². The molecule has 0 saturated heterocycles. The Labute approximate surface area is 185 Å². The van der Waals surface area contributed by atoms with E-state index in [1.54, 1.807) is 0 Å². The van der Waals surface area contributed by atoms with Gasteiger partial charge in [-0.25, -0.2) is 0 Å². The zero-order chi connectivity index (χ0) is 22.3. The molecule has 0 radical (unpaired) electrons. The van der Waals surface area contributed by atoms with E-state index in [0.29, 0.717) is 11.7 Å². The third kappa shape index (κ3) is 6.08. The van der Waals surface area contributed by atoms with E-state index in [9.17, 15) is 4.79 Å². The lowest BCUT2D eigenvalue weighted by Gasteiger charge is -2.23. The van der Waals surface area contributed by atoms with Crippen LogP contribution in [0.5, 0.6) is 0 Å². The summed E-state index contributed by atoms with van der Waals surface area (Å²) in [5.74, 6) is 1.64. The number of thioether (sulfide) groups is 1. The fourth-order valence-electron chi connectivity index (χ4n) is 3.61. The van der Waals surface area contributed by atoms with Crippen LogP contribution in [0.15, 0.2) is 23.4 Å². The number of unbranched alkanes of at least 4 members (excludes halogenated alkanes) is 1. The summed E-state index contributed by atoms with van der Waals surface area (Å²) in [5.41, 5.74) is 3.19. The summed E-state index contributed by atoms with van der Waals surface area (Å²) in [7, 11) is 4.14. The molecule has 0 fully saturated rings. The maximum Gasteiger partial charge on any atom is 0.234 e. The molecule has 0 aliphatic heterocycles. The van der Waals surface area contributed by atoms with Crippen molar-refractivity contribution >= 4 is 23.4 Å². The van der Waals surface area contributed by atoms with Gasteiger partial charge < -0.3 is 9.88 Å². The second-order valence-electron chi connectivity index (χ2n) is 8.26. The number of para-hydroxylation sites is 1. The molecule has 2 aromatic rings. The number of anilines is 1. The van der Waals surface area contributed by atoms with Crippen molar-refractivity contribution in [3.05, 3.63) is 35.2 Å². The van der Waals surface area contributed by atoms with Gasteiger partial charge in [0.05, 0.1) is 11.8 Å². The molecule has 166 valence electrons. The van der Waals surface area contributed by atoms with Gasteiger partial charge >= 0.3 is 0 Å². The first-order valence-electron chi connectivity index (χ1n) is 10.9. The smallest absolute Gasteiger partial charge is 0.234 e. The van der Waals surface area contributed by atoms with Crippen LogP contribution in [-0.4, -0.2) is 45.4 Å². The zero-order valence-corrected chi connectivity index (χ0v) is 20.3. The highest BCUT2D eigenvalue weighted by atomic mass is 32.2. The molecule has 1 atom stereocenters. The number of amides is 1. The molecule has 1 amide bonds. The third-order valence-electron chi connectivity index (χ3n) is 5.31. The van der Waals surface area contributed by atoms with Crippen LogP contribution in [0.2, 0.25) is 0 Å². The van der Waals surface area contributed by atoms with E-state index < -0.39 is 0 Å². The molecule has 7 heteroatoms. The van der Waals surface area contributed by atoms with E-state index in [1.807, 2.05) is 19.1 Å². The van der Waals surface area contributed by atoms with Crippen molar-refractivity contribution in [2.75, 3.05) is 25.2 Å². The van der Waals surface area contributed by atoms with Gasteiger partial charge in [0.2, 0.25) is 5.91 Å². The predicted molar refractivity (Wildman–Crippen MR) is 126 cm³/mol. The van der Waals surface area contributed by atoms with Crippen LogP contribution in [0, 0.1) is 6.92 Å². The predicted octanol–water partition coefficient (Wildman–Crippen LogP) is 5.25. The highest BCUT2D eigenvalue weighted by molar-refractivity contribution is 7.99. The first-order chi connectivity index (χ1) is 14.3. The molecule has 0 saturated carbocycles. The molecule has 0 unspecified atom stereocenters. The summed E-state index contributed by atoms with van der Waals surface area (Å²) >= 11 is 1.46. The second-order valence-corrected chi connectivity index (χ2v) is 9.21. The lowest BCUT2D eigenvalue weighted by atomic mass is 9.98. The Morgan fingerprint density at radius 2 is 1.97 bits per heavy atom. The summed E-state index contributed by atoms with van der Waals surface area (Å²) in [4.78, 5) is 14.9. The Bertz CT molecular complexity index is 831. The molecule has 1 aromatic heterocycles. The molecular formula is C23H37N5OS. The van der Waals surface area contributed by atoms with Crippen molar-refractivity contribution in [3.63, 3.8) is 0 Å². The van der Waals surface area contributed by atoms with Gasteiger partial charge in [-0.15, -0.1) is 10.2 Å². The average molecular weight is 432 g/mol. The maximum atomic E-state index is 12.7. The number of nitrogens with one attached hydrogen (secondary N) is 1. The molecule has 30 heavy (non-hydrogen) atoms. The number of aromatic nitrogens is 3. The molecule has 0 aliphatic rings. The number of nitrogens with zero attached hydrogens (tertiary/aromatic N) is 4. The molecule has 1 heterocycles. The van der Waals surface area contributed by atoms with Gasteiger partial charge in [0.15, 0.2) is 11.0 Å². The minimum absolute atomic E-state index is 0.0116. The average Bonchev–Trinajstić information content (AvgIpc) is 3.08. The van der Waals surface area contributed by atoms with Gasteiger partial charge in [0, 0.05) is 12.2 Å². The Kier molecular flexibility index (Phi) is 9.37. The molecule has 0 aliphatic carbocycles. The van der Waals surface area contributed by atoms with Crippen molar-refractivity contribution in [3.8, 4) is 0 Å². The van der Waals surface area contributed by atoms with Crippen LogP contribution in [0.4, 0.5) is 5.69 Å². The van der Waals surface area contributed by atoms with E-state index in [-0.39, 0.29) is 11.9 Å². The Morgan fingerprint density at radius 3 is 2.57 bits per heavy atom. The minimum atomic E-state index is -0.0116. The van der Waals surface area contributed by atoms with Crippen LogP contribution >= 0.6 is 11.8 Å². The standard InChI is InChI=1S/C23H37N5OS/c1-8-10-14-28-22(19(9-2)27(6)7)25-26-23(28)30-15-20(29)24-21-17(5)12-11-13-18(21)16(3)4/h11-13,16,19H,8-10,14-15H2,1-7H3,(H,24,29)/t19-/m1/s1. The van der Waals surface area contributed by atoms with Gasteiger partial charge in [-0.1, -0.05) is 64.1 Å². The van der Waals surface area contributed by atoms with E-state index in [2.05, 4.69) is 72.8 Å². The topological polar surface area (TPSA) is 63.1 Å². The highest BCUT2D eigenvalue weighted by Gasteiger charge is 2.22. The quantitative estimate of drug-likeness (QED) is 0.492. The molecule has 2 rings (SSSR count). The summed E-state index contributed by atoms with van der Waals surface area (Å²) in [6, 6.07) is 6.38. The number of carbonyl (C=O) groups excluding carboxylic acids is 1. The van der Waals surface area contributed by atoms with E-state index in [1.165, 1.54) is 17.3 Å². The van der Waals surface area contributed by atoms with Crippen LogP contribution < -0.4 is 5.32 Å². The fourth-order valence-corrected chi connectivity index (χ4v) is 4.38. The Balaban J connectivity index is 2.15. The molecule has 6 nitrogen and oxygen atoms in total. The number of hydrogen-bond donors (Lipinski definition) is 1. The van der Waals surface area contributed by atoms with Crippen LogP contribution in [-0.2, 0) is 11.3 Å². The first-order valence-corrected chi connectivity index (χ1v) is 11.9. The lowest BCUT2D eigenvalue weighted by molar-refractivity contribution is -0.113. The van der Waals surface area contributed by atoms with Gasteiger partial charge in [-0.2, -0.15) is 0 Å². The SMILES string of the molecule is CCCCn1c(SCC(=O)Nc2c(C)cccc2C(C)C)nnc1[C@@H](CC)N(C)C. The number of hydrogen-bond acceptors (Lipinski definition) is 5. The van der Waals surface area contributed by atoms with E-state index >= 15 is 0 Å². The summed E-state index contributed by atoms with van der Waals surface area (Å²) in [5, 5.41) is 12.9. The van der Waals surface area contributed by atoms with Crippen molar-refractivity contribution in [1.29, 1.82) is 0 Å². The van der Waals surface area contributed by atoms with Gasteiger partial charge in [0.1, 0.15) is 0 Å². The molecule has 1 aromatic carbocycles. The van der Waals surface area contributed by atoms with Crippen molar-refractivity contribution in [1.82, 2.24) is 19.7 Å². The van der Waals surface area contributed by atoms with E-state index in [4.69, 9.17) is 0 Å². The first kappa shape index (κ1) is 24.4. The van der Waals surface area contributed by atoms with Gasteiger partial charge in [0.25, 0.3) is 0 Å². The lowest BCUT2D eigenvalue weighted by Crippen LogP contribution is -2.23. The molecular weight excluding hydrogens is 394 g/mol. The van der Waals surface area contributed by atoms with Gasteiger partial charge in [-0.3, -0.25) is 9.69 Å². The molecule has 0 bridgehead atoms. The van der Waals surface area contributed by atoms with Gasteiger partial charge in [-0.05, 0) is 50.9 Å². The third-order valence-corrected chi connectivity index (χ3v) is 6.28. The van der Waals surface area contributed by atoms with Crippen molar-refractivity contribution < 1.29 is 4.79 Å². The number of aryl methyl sites for hydroxylation is 1. The van der Waals surface area contributed by atoms with E-state index in [0.717, 1.165) is 48.0 Å². The van der Waals surface area contributed by atoms with Crippen LogP contribution in [0.1, 0.15) is 75.9 Å². The summed E-state index contributed by atoms with van der Waals surface area (Å²) in [6.45, 7) is 11.6. The normalized spacial score (nSPS) is 12.6. The minimum Gasteiger partial charge on any atom is -0.325 e. The summed E-state index contributed by atoms with van der Waals surface area (Å²) < 4.78 is 2.20. The van der Waals surface area contributed by atoms with Crippen molar-refractivity contribution in [2.45, 2.75) is 77.5 Å². The number of rotatable bonds is 11. The number of benzene rings is 1. The fraction of sp³-hybridized carbons (Fsp3) is 0.609.